The van der Waals surface area contributed by atoms with Crippen LogP contribution < -0.4 is 5.19 Å². The van der Waals surface area contributed by atoms with E-state index in [-0.39, 0.29) is 49.8 Å². The Labute approximate surface area is 293 Å². The third-order valence-corrected chi connectivity index (χ3v) is 9.51. The number of nitrogens with zero attached hydrogens (tertiary/aromatic N) is 3. The van der Waals surface area contributed by atoms with Gasteiger partial charge < -0.3 is 19.4 Å². The summed E-state index contributed by atoms with van der Waals surface area (Å²) in [5, 5.41) is 3.25. The second-order valence-corrected chi connectivity index (χ2v) is 17.4. The summed E-state index contributed by atoms with van der Waals surface area (Å²) in [6.45, 7) is 11.7. The molecule has 0 spiro atoms. The number of benzene rings is 3. The van der Waals surface area contributed by atoms with Crippen molar-refractivity contribution in [2.75, 3.05) is 0 Å². The van der Waals surface area contributed by atoms with Crippen molar-refractivity contribution in [3.05, 3.63) is 133 Å². The maximum absolute atomic E-state index is 8.22. The maximum atomic E-state index is 8.22. The summed E-state index contributed by atoms with van der Waals surface area (Å²) in [4.78, 5) is 13.3. The van der Waals surface area contributed by atoms with Crippen LogP contribution in [0.5, 0.6) is 0 Å². The summed E-state index contributed by atoms with van der Waals surface area (Å²) in [5.41, 5.74) is 6.50. The van der Waals surface area contributed by atoms with E-state index >= 15 is 0 Å². The van der Waals surface area contributed by atoms with Crippen molar-refractivity contribution in [2.24, 2.45) is 5.92 Å². The fourth-order valence-electron chi connectivity index (χ4n) is 5.36. The van der Waals surface area contributed by atoms with Crippen molar-refractivity contribution in [1.82, 2.24) is 15.0 Å². The Morgan fingerprint density at radius 3 is 2.37 bits per heavy atom. The van der Waals surface area contributed by atoms with Gasteiger partial charge in [0.15, 0.2) is 0 Å². The predicted octanol–water partition coefficient (Wildman–Crippen LogP) is 9.80. The molecule has 0 aliphatic rings. The minimum atomic E-state index is -1.34. The largest absolute Gasteiger partial charge is 0.500 e. The third-order valence-electron chi connectivity index (χ3n) is 7.45. The fraction of sp³-hybridized carbons (Fsp3) is 0.175. The molecule has 6 heteroatoms. The van der Waals surface area contributed by atoms with Crippen molar-refractivity contribution in [3.8, 4) is 33.6 Å². The van der Waals surface area contributed by atoms with E-state index in [1.54, 1.807) is 18.3 Å². The first-order chi connectivity index (χ1) is 23.8. The predicted molar refractivity (Wildman–Crippen MR) is 189 cm³/mol. The second-order valence-electron chi connectivity index (χ2n) is 12.4. The van der Waals surface area contributed by atoms with E-state index in [4.69, 9.17) is 11.3 Å². The molecule has 0 fully saturated rings. The molecular formula is C40H37IrN3OSi-2. The van der Waals surface area contributed by atoms with E-state index in [0.717, 1.165) is 34.0 Å². The Kier molecular flexibility index (Phi) is 8.47. The topological polar surface area (TPSA) is 51.8 Å². The molecule has 4 nitrogen and oxygen atoms in total. The Morgan fingerprint density at radius 1 is 0.848 bits per heavy atom. The van der Waals surface area contributed by atoms with E-state index in [0.29, 0.717) is 28.3 Å². The van der Waals surface area contributed by atoms with Crippen molar-refractivity contribution in [2.45, 2.75) is 39.9 Å². The molecule has 0 aliphatic carbocycles. The molecule has 1 radical (unpaired) electrons. The number of pyridine rings is 3. The first-order valence-corrected chi connectivity index (χ1v) is 18.5. The van der Waals surface area contributed by atoms with Crippen LogP contribution in [-0.4, -0.2) is 23.0 Å². The number of rotatable bonds is 6. The SMILES string of the molecule is CC(C)Cc1cc(-c2[c-]cccc2)ncc1[Si](C)(C)C.[2H]c1c([2H])c([2H])c(-c2ccnc(-c3[c-]ncc4c3oc3ccccc34)c2)c([2H])c1[2H].[Ir]. The summed E-state index contributed by atoms with van der Waals surface area (Å²) in [5.74, 6) is 0.667. The zero-order chi connectivity index (χ0) is 35.7. The van der Waals surface area contributed by atoms with Crippen LogP contribution in [0.1, 0.15) is 26.3 Å². The molecule has 4 heterocycles. The van der Waals surface area contributed by atoms with Gasteiger partial charge in [0.2, 0.25) is 0 Å². The van der Waals surface area contributed by atoms with Crippen LogP contribution in [0.25, 0.3) is 55.6 Å². The minimum absolute atomic E-state index is 0. The monoisotopic (exact) mass is 801 g/mol. The van der Waals surface area contributed by atoms with Gasteiger partial charge in [-0.3, -0.25) is 0 Å². The molecule has 0 saturated heterocycles. The van der Waals surface area contributed by atoms with Gasteiger partial charge in [0.25, 0.3) is 0 Å². The second kappa shape index (κ2) is 14.5. The van der Waals surface area contributed by atoms with Gasteiger partial charge in [-0.25, -0.2) is 0 Å². The molecule has 0 saturated carbocycles. The zero-order valence-corrected chi connectivity index (χ0v) is 29.8. The van der Waals surface area contributed by atoms with Gasteiger partial charge in [-0.15, -0.1) is 35.9 Å². The van der Waals surface area contributed by atoms with Crippen molar-refractivity contribution in [1.29, 1.82) is 0 Å². The van der Waals surface area contributed by atoms with Crippen LogP contribution in [0.4, 0.5) is 0 Å². The molecule has 0 unspecified atom stereocenters. The Balaban J connectivity index is 0.000000211. The average Bonchev–Trinajstić information content (AvgIpc) is 3.49. The minimum Gasteiger partial charge on any atom is -0.500 e. The van der Waals surface area contributed by atoms with Crippen molar-refractivity contribution < 1.29 is 31.4 Å². The first-order valence-electron chi connectivity index (χ1n) is 17.5. The summed E-state index contributed by atoms with van der Waals surface area (Å²) in [7, 11) is -1.34. The molecule has 7 rings (SSSR count). The van der Waals surface area contributed by atoms with E-state index < -0.39 is 14.1 Å². The van der Waals surface area contributed by atoms with Crippen LogP contribution in [0, 0.1) is 18.2 Å². The van der Waals surface area contributed by atoms with E-state index in [1.165, 1.54) is 16.9 Å². The van der Waals surface area contributed by atoms with Gasteiger partial charge in [0.05, 0.1) is 20.5 Å². The van der Waals surface area contributed by atoms with Gasteiger partial charge in [0, 0.05) is 37.9 Å². The molecular weight excluding hydrogens is 759 g/mol. The number of aromatic nitrogens is 3. The van der Waals surface area contributed by atoms with E-state index in [2.05, 4.69) is 79.0 Å². The Hall–Kier alpha value is -4.22. The first kappa shape index (κ1) is 26.9. The molecule has 0 aliphatic heterocycles. The zero-order valence-electron chi connectivity index (χ0n) is 31.5. The van der Waals surface area contributed by atoms with Gasteiger partial charge in [0.1, 0.15) is 5.58 Å². The molecule has 0 N–H and O–H groups in total. The van der Waals surface area contributed by atoms with Crippen molar-refractivity contribution in [3.63, 3.8) is 0 Å². The van der Waals surface area contributed by atoms with Crippen molar-refractivity contribution >= 4 is 35.2 Å². The van der Waals surface area contributed by atoms with Gasteiger partial charge in [-0.2, -0.15) is 0 Å². The summed E-state index contributed by atoms with van der Waals surface area (Å²) >= 11 is 0. The summed E-state index contributed by atoms with van der Waals surface area (Å²) in [6, 6.07) is 22.8. The van der Waals surface area contributed by atoms with E-state index in [9.17, 15) is 0 Å². The maximum Gasteiger partial charge on any atom is 0.121 e. The van der Waals surface area contributed by atoms with Crippen LogP contribution in [-0.2, 0) is 26.5 Å². The fourth-order valence-corrected chi connectivity index (χ4v) is 6.95. The molecule has 3 aromatic carbocycles. The van der Waals surface area contributed by atoms with Gasteiger partial charge >= 0.3 is 0 Å². The average molecular weight is 801 g/mol. The summed E-state index contributed by atoms with van der Waals surface area (Å²) < 4.78 is 46.1. The molecule has 7 aromatic rings. The van der Waals surface area contributed by atoms with Crippen LogP contribution >= 0.6 is 0 Å². The van der Waals surface area contributed by atoms with Crippen LogP contribution in [0.15, 0.2) is 120 Å². The quantitative estimate of drug-likeness (QED) is 0.124. The normalized spacial score (nSPS) is 12.8. The number of fused-ring (bicyclic) bond motifs is 3. The summed E-state index contributed by atoms with van der Waals surface area (Å²) in [6.07, 6.45) is 9.38. The van der Waals surface area contributed by atoms with Crippen LogP contribution in [0.2, 0.25) is 19.6 Å². The molecule has 0 bridgehead atoms. The van der Waals surface area contributed by atoms with Crippen LogP contribution in [0.3, 0.4) is 0 Å². The number of hydrogen-bond donors (Lipinski definition) is 0. The van der Waals surface area contributed by atoms with Gasteiger partial charge in [-0.1, -0.05) is 105 Å². The molecule has 233 valence electrons. The molecule has 4 aromatic heterocycles. The molecule has 0 atom stereocenters. The number of hydrogen-bond acceptors (Lipinski definition) is 4. The third kappa shape index (κ3) is 7.42. The smallest absolute Gasteiger partial charge is 0.121 e. The van der Waals surface area contributed by atoms with E-state index in [1.807, 2.05) is 42.5 Å². The number of furan rings is 1. The Bertz CT molecular complexity index is 2310. The number of para-hydroxylation sites is 1. The Morgan fingerprint density at radius 2 is 1.63 bits per heavy atom. The molecule has 0 amide bonds. The standard InChI is InChI=1S/C22H13N2O.C18H24NSi.Ir/c1-2-6-15(7-3-1)16-10-11-24-20(12-16)19-14-23-13-18-17-8-4-5-9-21(17)25-22(18)19;1-14(2)11-16-12-17(15-9-7-6-8-10-15)19-13-18(16)20(3,4)5;/h1-13H;6-9,12-14H,11H2,1-5H3;/q2*-1;/i1D,2D,3D,6D,7D;;. The van der Waals surface area contributed by atoms with Gasteiger partial charge in [-0.05, 0) is 70.0 Å². The molecule has 46 heavy (non-hydrogen) atoms.